The third-order valence-electron chi connectivity index (χ3n) is 4.43. The van der Waals surface area contributed by atoms with Crippen LogP contribution in [0.15, 0.2) is 5.38 Å². The van der Waals surface area contributed by atoms with Crippen molar-refractivity contribution in [1.82, 2.24) is 4.98 Å². The van der Waals surface area contributed by atoms with E-state index in [1.165, 1.54) is 11.3 Å². The quantitative estimate of drug-likeness (QED) is 0.865. The van der Waals surface area contributed by atoms with Gasteiger partial charge in [0.1, 0.15) is 10.7 Å². The van der Waals surface area contributed by atoms with Crippen LogP contribution < -0.4 is 5.73 Å². The van der Waals surface area contributed by atoms with Crippen LogP contribution in [0.25, 0.3) is 0 Å². The normalized spacial score (nSPS) is 26.7. The zero-order chi connectivity index (χ0) is 14.9. The molecule has 2 atom stereocenters. The zero-order valence-corrected chi connectivity index (χ0v) is 14.0. The van der Waals surface area contributed by atoms with Crippen LogP contribution in [-0.4, -0.2) is 34.5 Å². The van der Waals surface area contributed by atoms with Gasteiger partial charge in [0.2, 0.25) is 0 Å². The second-order valence-corrected chi connectivity index (χ2v) is 8.17. The molecule has 2 aliphatic rings. The van der Waals surface area contributed by atoms with Crippen molar-refractivity contribution >= 4 is 28.9 Å². The molecule has 4 nitrogen and oxygen atoms in total. The van der Waals surface area contributed by atoms with Crippen LogP contribution in [0.4, 0.5) is 0 Å². The maximum absolute atomic E-state index is 12.7. The molecule has 21 heavy (non-hydrogen) atoms. The van der Waals surface area contributed by atoms with Gasteiger partial charge in [0.25, 0.3) is 0 Å². The standard InChI is InChI=1S/C15H22N2O2S2/c1-10(16)14-17-12(9-21-14)13(18)11-2-5-19-15(8-11)3-6-20-7-4-15/h9-11H,2-8,16H2,1H3. The van der Waals surface area contributed by atoms with E-state index in [9.17, 15) is 4.79 Å². The number of aromatic nitrogens is 1. The topological polar surface area (TPSA) is 65.2 Å². The highest BCUT2D eigenvalue weighted by molar-refractivity contribution is 7.99. The number of rotatable bonds is 3. The Morgan fingerprint density at radius 2 is 2.29 bits per heavy atom. The second-order valence-electron chi connectivity index (χ2n) is 6.06. The molecule has 1 aromatic rings. The van der Waals surface area contributed by atoms with Crippen molar-refractivity contribution in [3.8, 4) is 0 Å². The lowest BCUT2D eigenvalue weighted by atomic mass is 9.79. The molecule has 2 N–H and O–H groups in total. The van der Waals surface area contributed by atoms with Crippen LogP contribution in [0.5, 0.6) is 0 Å². The van der Waals surface area contributed by atoms with Crippen molar-refractivity contribution in [2.45, 2.75) is 44.2 Å². The van der Waals surface area contributed by atoms with E-state index in [2.05, 4.69) is 4.98 Å². The molecule has 1 aromatic heterocycles. The first-order valence-electron chi connectivity index (χ1n) is 7.57. The van der Waals surface area contributed by atoms with Gasteiger partial charge in [0.05, 0.1) is 11.6 Å². The van der Waals surface area contributed by atoms with Crippen molar-refractivity contribution in [3.63, 3.8) is 0 Å². The first kappa shape index (κ1) is 15.5. The predicted molar refractivity (Wildman–Crippen MR) is 87.0 cm³/mol. The SMILES string of the molecule is CC(N)c1nc(C(=O)C2CCOC3(CCSCC3)C2)cs1. The summed E-state index contributed by atoms with van der Waals surface area (Å²) < 4.78 is 6.06. The fourth-order valence-electron chi connectivity index (χ4n) is 3.16. The fourth-order valence-corrected chi connectivity index (χ4v) is 5.17. The number of nitrogens with zero attached hydrogens (tertiary/aromatic N) is 1. The summed E-state index contributed by atoms with van der Waals surface area (Å²) in [5.41, 5.74) is 6.38. The highest BCUT2D eigenvalue weighted by Crippen LogP contribution is 2.40. The average Bonchev–Trinajstić information content (AvgIpc) is 2.97. The van der Waals surface area contributed by atoms with E-state index in [1.807, 2.05) is 24.1 Å². The Hall–Kier alpha value is -0.430. The minimum absolute atomic E-state index is 0.0517. The van der Waals surface area contributed by atoms with Gasteiger partial charge in [0, 0.05) is 17.9 Å². The van der Waals surface area contributed by atoms with Gasteiger partial charge in [-0.2, -0.15) is 11.8 Å². The Morgan fingerprint density at radius 1 is 1.52 bits per heavy atom. The van der Waals surface area contributed by atoms with Gasteiger partial charge >= 0.3 is 0 Å². The average molecular weight is 326 g/mol. The van der Waals surface area contributed by atoms with Crippen molar-refractivity contribution < 1.29 is 9.53 Å². The number of nitrogens with two attached hydrogens (primary N) is 1. The van der Waals surface area contributed by atoms with Crippen LogP contribution >= 0.6 is 23.1 Å². The van der Waals surface area contributed by atoms with Crippen molar-refractivity contribution in [2.75, 3.05) is 18.1 Å². The zero-order valence-electron chi connectivity index (χ0n) is 12.3. The number of ether oxygens (including phenoxy) is 1. The van der Waals surface area contributed by atoms with E-state index in [0.717, 1.165) is 42.2 Å². The highest BCUT2D eigenvalue weighted by atomic mass is 32.2. The van der Waals surface area contributed by atoms with E-state index in [0.29, 0.717) is 12.3 Å². The van der Waals surface area contributed by atoms with E-state index >= 15 is 0 Å². The maximum atomic E-state index is 12.7. The van der Waals surface area contributed by atoms with Crippen LogP contribution in [0.1, 0.15) is 54.1 Å². The summed E-state index contributed by atoms with van der Waals surface area (Å²) in [6.45, 7) is 2.60. The molecule has 0 radical (unpaired) electrons. The minimum Gasteiger partial charge on any atom is -0.375 e. The maximum Gasteiger partial charge on any atom is 0.185 e. The molecule has 6 heteroatoms. The lowest BCUT2D eigenvalue weighted by Gasteiger charge is -2.42. The van der Waals surface area contributed by atoms with Crippen LogP contribution in [-0.2, 0) is 4.74 Å². The second kappa shape index (κ2) is 6.36. The summed E-state index contributed by atoms with van der Waals surface area (Å²) in [4.78, 5) is 17.1. The van der Waals surface area contributed by atoms with Crippen LogP contribution in [0.3, 0.4) is 0 Å². The van der Waals surface area contributed by atoms with Gasteiger partial charge in [-0.05, 0) is 44.1 Å². The number of hydrogen-bond acceptors (Lipinski definition) is 6. The fraction of sp³-hybridized carbons (Fsp3) is 0.733. The molecule has 2 aliphatic heterocycles. The highest BCUT2D eigenvalue weighted by Gasteiger charge is 2.41. The van der Waals surface area contributed by atoms with Crippen molar-refractivity contribution in [2.24, 2.45) is 11.7 Å². The van der Waals surface area contributed by atoms with Gasteiger partial charge < -0.3 is 10.5 Å². The first-order valence-corrected chi connectivity index (χ1v) is 9.60. The molecule has 2 fully saturated rings. The Labute approximate surface area is 133 Å². The van der Waals surface area contributed by atoms with Crippen LogP contribution in [0.2, 0.25) is 0 Å². The Morgan fingerprint density at radius 3 is 2.95 bits per heavy atom. The van der Waals surface area contributed by atoms with E-state index in [1.54, 1.807) is 0 Å². The molecule has 116 valence electrons. The lowest BCUT2D eigenvalue weighted by molar-refractivity contribution is -0.0960. The van der Waals surface area contributed by atoms with Crippen LogP contribution in [0, 0.1) is 5.92 Å². The number of ketones is 1. The van der Waals surface area contributed by atoms with Crippen molar-refractivity contribution in [3.05, 3.63) is 16.1 Å². The summed E-state index contributed by atoms with van der Waals surface area (Å²) in [6, 6.07) is -0.104. The molecule has 2 unspecified atom stereocenters. The molecule has 0 amide bonds. The number of hydrogen-bond donors (Lipinski definition) is 1. The van der Waals surface area contributed by atoms with Gasteiger partial charge in [-0.1, -0.05) is 0 Å². The smallest absolute Gasteiger partial charge is 0.185 e. The molecule has 3 rings (SSSR count). The molecule has 0 aliphatic carbocycles. The molecule has 0 saturated carbocycles. The molecular formula is C15H22N2O2S2. The number of carbonyl (C=O) groups excluding carboxylic acids is 1. The molecule has 0 bridgehead atoms. The van der Waals surface area contributed by atoms with Gasteiger partial charge in [-0.15, -0.1) is 11.3 Å². The van der Waals surface area contributed by atoms with Gasteiger partial charge in [-0.25, -0.2) is 4.98 Å². The molecule has 2 saturated heterocycles. The summed E-state index contributed by atoms with van der Waals surface area (Å²) >= 11 is 3.47. The first-order chi connectivity index (χ1) is 10.1. The summed E-state index contributed by atoms with van der Waals surface area (Å²) in [5, 5.41) is 2.70. The number of thiazole rings is 1. The molecule has 3 heterocycles. The monoisotopic (exact) mass is 326 g/mol. The largest absolute Gasteiger partial charge is 0.375 e. The van der Waals surface area contributed by atoms with Crippen molar-refractivity contribution in [1.29, 1.82) is 0 Å². The number of thioether (sulfide) groups is 1. The molecular weight excluding hydrogens is 304 g/mol. The van der Waals surface area contributed by atoms with E-state index in [4.69, 9.17) is 10.5 Å². The Kier molecular flexibility index (Phi) is 4.69. The summed E-state index contributed by atoms with van der Waals surface area (Å²) in [6.07, 6.45) is 3.82. The third-order valence-corrected chi connectivity index (χ3v) is 6.46. The van der Waals surface area contributed by atoms with Gasteiger partial charge in [0.15, 0.2) is 5.78 Å². The van der Waals surface area contributed by atoms with E-state index < -0.39 is 0 Å². The predicted octanol–water partition coefficient (Wildman–Crippen LogP) is 3.04. The summed E-state index contributed by atoms with van der Waals surface area (Å²) in [7, 11) is 0. The minimum atomic E-state index is -0.104. The lowest BCUT2D eigenvalue weighted by Crippen LogP contribution is -2.44. The Bertz CT molecular complexity index is 504. The number of Topliss-reactive ketones (excluding diaryl/α,β-unsaturated/α-hetero) is 1. The third kappa shape index (κ3) is 3.33. The summed E-state index contributed by atoms with van der Waals surface area (Å²) in [5.74, 6) is 2.53. The Balaban J connectivity index is 1.71. The number of carbonyl (C=O) groups is 1. The molecule has 1 spiro atoms. The van der Waals surface area contributed by atoms with E-state index in [-0.39, 0.29) is 23.3 Å². The van der Waals surface area contributed by atoms with Gasteiger partial charge in [-0.3, -0.25) is 4.79 Å². The molecule has 0 aromatic carbocycles.